The summed E-state index contributed by atoms with van der Waals surface area (Å²) in [7, 11) is 1.23. The van der Waals surface area contributed by atoms with Crippen LogP contribution < -0.4 is 25.9 Å². The van der Waals surface area contributed by atoms with Gasteiger partial charge in [0.1, 0.15) is 0 Å². The summed E-state index contributed by atoms with van der Waals surface area (Å²) >= 11 is -1.41. The summed E-state index contributed by atoms with van der Waals surface area (Å²) in [6.07, 6.45) is -1.89. The summed E-state index contributed by atoms with van der Waals surface area (Å²) < 4.78 is 37.4. The van der Waals surface area contributed by atoms with Crippen LogP contribution in [-0.2, 0) is 24.1 Å². The molecule has 5 atom stereocenters. The number of hydrazine groups is 1. The van der Waals surface area contributed by atoms with Crippen LogP contribution in [-0.4, -0.2) is 96.0 Å². The molecule has 2 heterocycles. The van der Waals surface area contributed by atoms with E-state index in [4.69, 9.17) is 28.0 Å². The average Bonchev–Trinajstić information content (AvgIpc) is 3.47. The molecule has 14 nitrogen and oxygen atoms in total. The number of benzene rings is 3. The molecule has 3 aromatic carbocycles. The van der Waals surface area contributed by atoms with Crippen molar-refractivity contribution in [2.24, 2.45) is 0 Å². The van der Waals surface area contributed by atoms with Gasteiger partial charge in [0.15, 0.2) is 0 Å². The van der Waals surface area contributed by atoms with Crippen LogP contribution in [0.5, 0.6) is 11.5 Å². The summed E-state index contributed by atoms with van der Waals surface area (Å²) in [6.45, 7) is 8.05. The Hall–Kier alpha value is -3.63. The number of nitriles is 1. The Morgan fingerprint density at radius 2 is 1.54 bits per heavy atom. The number of rotatable bonds is 19. The van der Waals surface area contributed by atoms with E-state index in [1.807, 2.05) is 117 Å². The van der Waals surface area contributed by atoms with Gasteiger partial charge in [-0.3, -0.25) is 0 Å². The minimum atomic E-state index is -1.98. The Labute approximate surface area is 338 Å². The molecule has 1 unspecified atom stereocenters. The molecule has 3 N–H and O–H groups in total. The predicted molar refractivity (Wildman–Crippen MR) is 213 cm³/mol. The Morgan fingerprint density at radius 1 is 0.964 bits per heavy atom. The van der Waals surface area contributed by atoms with Gasteiger partial charge in [0, 0.05) is 0 Å². The third-order valence-corrected chi connectivity index (χ3v) is 13.7. The molecular weight excluding hydrogens is 853 g/mol. The molecule has 1 fully saturated rings. The Kier molecular flexibility index (Phi) is 15.3. The first-order valence-corrected chi connectivity index (χ1v) is 22.8. The van der Waals surface area contributed by atoms with Gasteiger partial charge in [0.25, 0.3) is 0 Å². The van der Waals surface area contributed by atoms with Crippen LogP contribution in [0.15, 0.2) is 101 Å². The first-order valence-electron chi connectivity index (χ1n) is 18.2. The van der Waals surface area contributed by atoms with Crippen molar-refractivity contribution in [1.82, 2.24) is 19.8 Å². The quantitative estimate of drug-likeness (QED) is 0.0377. The van der Waals surface area contributed by atoms with E-state index in [9.17, 15) is 20.0 Å². The van der Waals surface area contributed by atoms with Gasteiger partial charge < -0.3 is 0 Å². The SMILES string of the molecule is COc1ccc(C(OC[C@H]2O[C@@H](n3ccc(=O)[nH]c3=O)[C@@](O)([Te]C)[C@@H]2OP(NN(C(C)C)C(C)C)OCCC#N)(c2ccccc2)c2ccc(OC)cc2)cc1. The van der Waals surface area contributed by atoms with Crippen molar-refractivity contribution in [2.75, 3.05) is 27.4 Å². The van der Waals surface area contributed by atoms with Crippen molar-refractivity contribution in [3.8, 4) is 17.6 Å². The summed E-state index contributed by atoms with van der Waals surface area (Å²) in [5, 5.41) is 27.4. The molecule has 300 valence electrons. The summed E-state index contributed by atoms with van der Waals surface area (Å²) in [4.78, 5) is 29.6. The fraction of sp³-hybridized carbons (Fsp3) is 0.425. The van der Waals surface area contributed by atoms with Gasteiger partial charge in [-0.15, -0.1) is 0 Å². The molecule has 4 aromatic rings. The molecule has 16 heteroatoms. The van der Waals surface area contributed by atoms with Gasteiger partial charge in [0.2, 0.25) is 0 Å². The number of methoxy groups -OCH3 is 2. The van der Waals surface area contributed by atoms with Crippen LogP contribution in [0, 0.1) is 11.3 Å². The molecule has 56 heavy (non-hydrogen) atoms. The van der Waals surface area contributed by atoms with E-state index in [-0.39, 0.29) is 31.7 Å². The minimum absolute atomic E-state index is 0.0360. The van der Waals surface area contributed by atoms with Crippen LogP contribution in [0.3, 0.4) is 0 Å². The third-order valence-electron chi connectivity index (χ3n) is 9.41. The van der Waals surface area contributed by atoms with Crippen molar-refractivity contribution >= 4 is 29.4 Å². The topological polar surface area (TPSA) is 170 Å². The van der Waals surface area contributed by atoms with Gasteiger partial charge in [-0.05, 0) is 0 Å². The van der Waals surface area contributed by atoms with Crippen LogP contribution in [0.2, 0.25) is 4.97 Å². The normalized spacial score (nSPS) is 20.4. The maximum absolute atomic E-state index is 13.3. The van der Waals surface area contributed by atoms with Crippen LogP contribution >= 0.6 is 8.53 Å². The second kappa shape index (κ2) is 19.7. The molecule has 1 saturated heterocycles. The van der Waals surface area contributed by atoms with Crippen molar-refractivity contribution < 1.29 is 33.1 Å². The average molecular weight is 903 g/mol. The van der Waals surface area contributed by atoms with Crippen molar-refractivity contribution in [1.29, 1.82) is 5.26 Å². The van der Waals surface area contributed by atoms with E-state index >= 15 is 0 Å². The van der Waals surface area contributed by atoms with E-state index in [0.29, 0.717) is 11.5 Å². The standard InChI is InChI=1S/C40H50N5O9PTe/c1-27(2)45(28(3)4)43-55(52-25-11-23-41)54-36-34(53-37(40(36,48)56-7)44-24-22-35(46)42-38(44)47)26-51-39(29-12-9-8-10-13-29,30-14-18-32(49-5)19-15-30)31-16-20-33(50-6)21-17-31/h8-10,12-22,24,27-28,34,36-37,43,48H,11,25-26H2,1-7H3,(H,42,46,47)/t34-,36-,37-,40+,55?/m1/s1. The Bertz CT molecular complexity index is 1950. The number of hydrogen-bond acceptors (Lipinski definition) is 12. The second-order valence-electron chi connectivity index (χ2n) is 13.5. The van der Waals surface area contributed by atoms with Gasteiger partial charge in [0.05, 0.1) is 0 Å². The fourth-order valence-electron chi connectivity index (χ4n) is 6.67. The molecule has 0 bridgehead atoms. The first kappa shape index (κ1) is 43.5. The van der Waals surface area contributed by atoms with Crippen molar-refractivity contribution in [3.05, 3.63) is 129 Å². The number of hydrogen-bond donors (Lipinski definition) is 3. The number of ether oxygens (including phenoxy) is 4. The molecule has 1 aromatic heterocycles. The Balaban J connectivity index is 1.65. The second-order valence-corrected chi connectivity index (χ2v) is 17.7. The number of H-pyrrole nitrogens is 1. The fourth-order valence-corrected chi connectivity index (χ4v) is 10.8. The van der Waals surface area contributed by atoms with Gasteiger partial charge in [-0.1, -0.05) is 0 Å². The molecular formula is C40H50N5O9PTe. The van der Waals surface area contributed by atoms with E-state index in [0.717, 1.165) is 16.7 Å². The molecule has 0 spiro atoms. The van der Waals surface area contributed by atoms with Crippen molar-refractivity contribution in [3.63, 3.8) is 0 Å². The number of nitrogens with zero attached hydrogens (tertiary/aromatic N) is 3. The number of aromatic nitrogens is 2. The zero-order valence-corrected chi connectivity index (χ0v) is 35.8. The van der Waals surface area contributed by atoms with E-state index in [1.54, 1.807) is 14.2 Å². The zero-order valence-electron chi connectivity index (χ0n) is 32.6. The third kappa shape index (κ3) is 9.55. The molecule has 0 radical (unpaired) electrons. The summed E-state index contributed by atoms with van der Waals surface area (Å²) in [5.74, 6) is 1.33. The van der Waals surface area contributed by atoms with Gasteiger partial charge in [-0.25, -0.2) is 0 Å². The van der Waals surface area contributed by atoms with Gasteiger partial charge in [-0.2, -0.15) is 0 Å². The van der Waals surface area contributed by atoms with E-state index in [2.05, 4.69) is 16.2 Å². The first-order chi connectivity index (χ1) is 26.9. The molecule has 0 aliphatic carbocycles. The van der Waals surface area contributed by atoms with Gasteiger partial charge >= 0.3 is 340 Å². The number of aliphatic hydroxyl groups is 1. The molecule has 5 rings (SSSR count). The van der Waals surface area contributed by atoms with Crippen LogP contribution in [0.25, 0.3) is 0 Å². The molecule has 1 aliphatic rings. The molecule has 1 aliphatic heterocycles. The maximum atomic E-state index is 13.3. The van der Waals surface area contributed by atoms with Crippen LogP contribution in [0.1, 0.15) is 57.0 Å². The van der Waals surface area contributed by atoms with E-state index in [1.165, 1.54) is 16.8 Å². The van der Waals surface area contributed by atoms with Crippen molar-refractivity contribution in [2.45, 2.75) is 78.9 Å². The summed E-state index contributed by atoms with van der Waals surface area (Å²) in [6, 6.07) is 28.4. The van der Waals surface area contributed by atoms with Crippen LogP contribution in [0.4, 0.5) is 0 Å². The Morgan fingerprint density at radius 3 is 2.04 bits per heavy atom. The number of nitrogens with one attached hydrogen (secondary N) is 2. The molecule has 0 amide bonds. The zero-order chi connectivity index (χ0) is 40.5. The monoisotopic (exact) mass is 905 g/mol. The predicted octanol–water partition coefficient (Wildman–Crippen LogP) is 5.07. The van der Waals surface area contributed by atoms with E-state index < -0.39 is 68.4 Å². The molecule has 0 saturated carbocycles. The summed E-state index contributed by atoms with van der Waals surface area (Å²) in [5.41, 5.74) is -0.181. The number of aromatic amines is 1.